The number of ether oxygens (including phenoxy) is 2. The monoisotopic (exact) mass is 708 g/mol. The quantitative estimate of drug-likeness (QED) is 0.190. The van der Waals surface area contributed by atoms with Gasteiger partial charge >= 0.3 is 18.1 Å². The minimum atomic E-state index is -5.02. The number of carbonyl (C=O) groups excluding carboxylic acids is 1. The van der Waals surface area contributed by atoms with Gasteiger partial charge < -0.3 is 29.3 Å². The molecule has 4 aliphatic rings. The highest BCUT2D eigenvalue weighted by Crippen LogP contribution is 2.48. The number of benzene rings is 2. The van der Waals surface area contributed by atoms with Gasteiger partial charge in [-0.15, -0.1) is 6.42 Å². The summed E-state index contributed by atoms with van der Waals surface area (Å²) in [6.07, 6.45) is 4.38. The van der Waals surface area contributed by atoms with Gasteiger partial charge in [0.25, 0.3) is 0 Å². The first-order valence-corrected chi connectivity index (χ1v) is 16.8. The zero-order valence-corrected chi connectivity index (χ0v) is 27.6. The van der Waals surface area contributed by atoms with Gasteiger partial charge in [-0.05, 0) is 68.8 Å². The van der Waals surface area contributed by atoms with Crippen LogP contribution in [0.25, 0.3) is 32.9 Å². The number of aromatic hydroxyl groups is 1. The molecule has 1 saturated carbocycles. The molecule has 1 amide bonds. The second-order valence-electron chi connectivity index (χ2n) is 13.9. The normalized spacial score (nSPS) is 21.1. The average Bonchev–Trinajstić information content (AvgIpc) is 3.81. The number of hydrogen-bond acceptors (Lipinski definition) is 9. The van der Waals surface area contributed by atoms with Crippen LogP contribution in [0, 0.1) is 29.4 Å². The minimum absolute atomic E-state index is 0.0124. The first-order valence-electron chi connectivity index (χ1n) is 16.8. The highest BCUT2D eigenvalue weighted by atomic mass is 19.4. The summed E-state index contributed by atoms with van der Waals surface area (Å²) in [6.45, 7) is 3.11. The Kier molecular flexibility index (Phi) is 7.86. The molecule has 1 aliphatic carbocycles. The number of hydrogen-bond donors (Lipinski definition) is 1. The largest absolute Gasteiger partial charge is 0.508 e. The molecule has 10 nitrogen and oxygen atoms in total. The number of pyridine rings is 1. The summed E-state index contributed by atoms with van der Waals surface area (Å²) in [5, 5.41) is 11.1. The van der Waals surface area contributed by atoms with Gasteiger partial charge in [0.05, 0.1) is 31.4 Å². The topological polar surface area (TPSA) is 104 Å². The van der Waals surface area contributed by atoms with Crippen molar-refractivity contribution < 1.29 is 41.3 Å². The number of alkyl halides is 3. The van der Waals surface area contributed by atoms with E-state index in [-0.39, 0.29) is 81.7 Å². The zero-order chi connectivity index (χ0) is 35.8. The molecule has 2 bridgehead atoms. The van der Waals surface area contributed by atoms with Gasteiger partial charge in [-0.3, -0.25) is 4.79 Å². The fourth-order valence-electron chi connectivity index (χ4n) is 7.79. The van der Waals surface area contributed by atoms with E-state index >= 15 is 4.39 Å². The lowest BCUT2D eigenvalue weighted by atomic mass is 9.95. The Morgan fingerprint density at radius 1 is 1.08 bits per heavy atom. The number of anilines is 1. The molecule has 5 heterocycles. The maximum absolute atomic E-state index is 17.1. The van der Waals surface area contributed by atoms with Crippen molar-refractivity contribution in [1.82, 2.24) is 24.8 Å². The standard InChI is InChI=1S/C36H33F5N6O4/c1-3-23-25(37)8-5-19-13-22(48)14-24(26(19)23)29-28(38)30-27(32(42-29)50-2)31(44-34(43-30)51-18-35(9-10-35)17-45-11-4-12-45)46-15-20-6-7-21(16-46)47(20)33(49)36(39,40)41/h1,5,8,13-14,20-21,48H,4,6-7,9-12,15-18H2,2H3. The van der Waals surface area contributed by atoms with Crippen molar-refractivity contribution in [1.29, 1.82) is 0 Å². The molecule has 4 aromatic rings. The van der Waals surface area contributed by atoms with E-state index in [1.54, 1.807) is 4.90 Å². The third-order valence-electron chi connectivity index (χ3n) is 10.6. The van der Waals surface area contributed by atoms with Crippen molar-refractivity contribution in [3.05, 3.63) is 41.5 Å². The first kappa shape index (κ1) is 33.2. The Hall–Kier alpha value is -4.97. The number of fused-ring (bicyclic) bond motifs is 4. The highest BCUT2D eigenvalue weighted by Gasteiger charge is 2.52. The van der Waals surface area contributed by atoms with Crippen LogP contribution in [0.3, 0.4) is 0 Å². The van der Waals surface area contributed by atoms with Crippen LogP contribution in [0.5, 0.6) is 17.6 Å². The number of piperazine rings is 1. The van der Waals surface area contributed by atoms with Gasteiger partial charge in [0.15, 0.2) is 5.82 Å². The lowest BCUT2D eigenvalue weighted by Gasteiger charge is -2.42. The van der Waals surface area contributed by atoms with Crippen LogP contribution in [0.15, 0.2) is 24.3 Å². The molecule has 2 atom stereocenters. The van der Waals surface area contributed by atoms with Crippen LogP contribution < -0.4 is 14.4 Å². The molecule has 0 radical (unpaired) electrons. The van der Waals surface area contributed by atoms with Gasteiger partial charge in [-0.25, -0.2) is 13.8 Å². The van der Waals surface area contributed by atoms with Gasteiger partial charge in [0.1, 0.15) is 34.0 Å². The molecule has 1 N–H and O–H groups in total. The van der Waals surface area contributed by atoms with E-state index in [2.05, 4.69) is 25.8 Å². The average molecular weight is 709 g/mol. The second kappa shape index (κ2) is 12.1. The maximum Gasteiger partial charge on any atom is 0.471 e. The zero-order valence-electron chi connectivity index (χ0n) is 27.6. The molecule has 2 aromatic carbocycles. The SMILES string of the molecule is C#Cc1c(F)ccc2cc(O)cc(-c3nc(OC)c4c(N5CC6CCC(C5)N6C(=O)C(F)(F)F)nc(OCC5(CN6CCC6)CC5)nc4c3F)c12. The third-order valence-corrected chi connectivity index (χ3v) is 10.6. The van der Waals surface area contributed by atoms with Gasteiger partial charge in [0.2, 0.25) is 5.88 Å². The van der Waals surface area contributed by atoms with Crippen LogP contribution in [0.4, 0.5) is 27.8 Å². The molecule has 2 unspecified atom stereocenters. The fourth-order valence-corrected chi connectivity index (χ4v) is 7.79. The number of nitrogens with zero attached hydrogens (tertiary/aromatic N) is 6. The molecule has 4 fully saturated rings. The molecule has 266 valence electrons. The van der Waals surface area contributed by atoms with Crippen LogP contribution in [0.1, 0.15) is 37.7 Å². The number of aromatic nitrogens is 3. The van der Waals surface area contributed by atoms with Crippen LogP contribution in [-0.4, -0.2) is 100 Å². The molecule has 3 saturated heterocycles. The molecule has 0 spiro atoms. The molecule has 8 rings (SSSR count). The van der Waals surface area contributed by atoms with Crippen molar-refractivity contribution in [2.75, 3.05) is 51.3 Å². The number of likely N-dealkylation sites (tertiary alicyclic amines) is 1. The number of rotatable bonds is 8. The molecule has 3 aliphatic heterocycles. The number of carbonyl (C=O) groups is 1. The van der Waals surface area contributed by atoms with Crippen molar-refractivity contribution >= 4 is 33.4 Å². The lowest BCUT2D eigenvalue weighted by Crippen LogP contribution is -2.59. The Labute approximate surface area is 289 Å². The van der Waals surface area contributed by atoms with E-state index in [9.17, 15) is 27.5 Å². The van der Waals surface area contributed by atoms with E-state index in [0.717, 1.165) is 49.9 Å². The number of terminal acetylenes is 1. The Morgan fingerprint density at radius 2 is 1.80 bits per heavy atom. The minimum Gasteiger partial charge on any atom is -0.508 e. The summed E-state index contributed by atoms with van der Waals surface area (Å²) in [4.78, 5) is 31.0. The molecular formula is C36H33F5N6O4. The maximum atomic E-state index is 17.1. The van der Waals surface area contributed by atoms with Crippen molar-refractivity contribution in [3.8, 4) is 41.2 Å². The van der Waals surface area contributed by atoms with E-state index in [1.807, 2.05) is 0 Å². The Balaban J connectivity index is 1.27. The van der Waals surface area contributed by atoms with E-state index in [0.29, 0.717) is 18.2 Å². The van der Waals surface area contributed by atoms with Crippen LogP contribution in [-0.2, 0) is 4.79 Å². The second-order valence-corrected chi connectivity index (χ2v) is 13.9. The Morgan fingerprint density at radius 3 is 2.41 bits per heavy atom. The number of amides is 1. The molecule has 51 heavy (non-hydrogen) atoms. The fraction of sp³-hybridized carbons (Fsp3) is 0.444. The molecule has 15 heteroatoms. The summed E-state index contributed by atoms with van der Waals surface area (Å²) in [5.41, 5.74) is -0.872. The number of methoxy groups -OCH3 is 1. The third kappa shape index (κ3) is 5.69. The highest BCUT2D eigenvalue weighted by molar-refractivity contribution is 6.04. The Bertz CT molecular complexity index is 2120. The smallest absolute Gasteiger partial charge is 0.471 e. The van der Waals surface area contributed by atoms with Gasteiger partial charge in [-0.1, -0.05) is 12.0 Å². The van der Waals surface area contributed by atoms with Crippen LogP contribution in [0.2, 0.25) is 0 Å². The lowest BCUT2D eigenvalue weighted by molar-refractivity contribution is -0.188. The summed E-state index contributed by atoms with van der Waals surface area (Å²) in [6, 6.07) is 3.46. The van der Waals surface area contributed by atoms with E-state index in [1.165, 1.54) is 25.3 Å². The predicted molar refractivity (Wildman–Crippen MR) is 176 cm³/mol. The molecule has 2 aromatic heterocycles. The number of phenolic OH excluding ortho intramolecular Hbond substituents is 1. The summed E-state index contributed by atoms with van der Waals surface area (Å²) >= 11 is 0. The number of phenols is 1. The van der Waals surface area contributed by atoms with Gasteiger partial charge in [-0.2, -0.15) is 23.1 Å². The van der Waals surface area contributed by atoms with E-state index < -0.39 is 35.8 Å². The summed E-state index contributed by atoms with van der Waals surface area (Å²) in [5.74, 6) is -1.52. The summed E-state index contributed by atoms with van der Waals surface area (Å²) < 4.78 is 84.5. The van der Waals surface area contributed by atoms with Crippen molar-refractivity contribution in [3.63, 3.8) is 0 Å². The van der Waals surface area contributed by atoms with Crippen molar-refractivity contribution in [2.24, 2.45) is 5.41 Å². The van der Waals surface area contributed by atoms with Gasteiger partial charge in [0, 0.05) is 36.0 Å². The molecular weight excluding hydrogens is 675 g/mol. The summed E-state index contributed by atoms with van der Waals surface area (Å²) in [7, 11) is 1.31. The van der Waals surface area contributed by atoms with E-state index in [4.69, 9.17) is 15.9 Å². The number of halogens is 5. The first-order chi connectivity index (χ1) is 24.4. The van der Waals surface area contributed by atoms with Crippen molar-refractivity contribution in [2.45, 2.75) is 50.4 Å². The van der Waals surface area contributed by atoms with Crippen LogP contribution >= 0.6 is 0 Å². The predicted octanol–water partition coefficient (Wildman–Crippen LogP) is 5.43.